The Kier molecular flexibility index (Phi) is 4.05. The van der Waals surface area contributed by atoms with E-state index in [0.29, 0.717) is 28.1 Å². The van der Waals surface area contributed by atoms with Gasteiger partial charge >= 0.3 is 0 Å². The van der Waals surface area contributed by atoms with Gasteiger partial charge in [-0.15, -0.1) is 0 Å². The van der Waals surface area contributed by atoms with Crippen LogP contribution in [0.4, 0.5) is 8.78 Å². The number of aromatic nitrogens is 2. The Bertz CT molecular complexity index is 1110. The molecule has 4 rings (SSSR count). The fourth-order valence-corrected chi connectivity index (χ4v) is 3.06. The molecule has 0 aliphatic rings. The first-order valence-electron chi connectivity index (χ1n) is 8.01. The molecule has 0 spiro atoms. The third-order valence-corrected chi connectivity index (χ3v) is 4.24. The molecule has 0 aliphatic carbocycles. The van der Waals surface area contributed by atoms with Gasteiger partial charge in [-0.3, -0.25) is 9.97 Å². The van der Waals surface area contributed by atoms with Crippen molar-refractivity contribution in [3.63, 3.8) is 0 Å². The second-order valence-electron chi connectivity index (χ2n) is 5.74. The van der Waals surface area contributed by atoms with Crippen molar-refractivity contribution in [2.45, 2.75) is 0 Å². The number of fused-ring (bicyclic) bond motifs is 1. The molecule has 0 bridgehead atoms. The number of benzene rings is 2. The minimum absolute atomic E-state index is 0.316. The summed E-state index contributed by atoms with van der Waals surface area (Å²) in [5, 5.41) is 0.730. The van der Waals surface area contributed by atoms with Gasteiger partial charge in [-0.2, -0.15) is 0 Å². The third kappa shape index (κ3) is 2.67. The molecule has 4 aromatic rings. The lowest BCUT2D eigenvalue weighted by atomic mass is 9.99. The summed E-state index contributed by atoms with van der Waals surface area (Å²) in [4.78, 5) is 8.91. The lowest BCUT2D eigenvalue weighted by Gasteiger charge is -2.12. The average molecular weight is 348 g/mol. The Morgan fingerprint density at radius 2 is 1.62 bits per heavy atom. The predicted octanol–water partition coefficient (Wildman–Crippen LogP) is 5.25. The first-order valence-corrected chi connectivity index (χ1v) is 8.01. The summed E-state index contributed by atoms with van der Waals surface area (Å²) in [6, 6.07) is 14.6. The van der Waals surface area contributed by atoms with Gasteiger partial charge in [0.2, 0.25) is 0 Å². The highest BCUT2D eigenvalue weighted by Gasteiger charge is 2.15. The van der Waals surface area contributed by atoms with Crippen molar-refractivity contribution >= 4 is 10.9 Å². The number of halogens is 2. The molecule has 0 atom stereocenters. The van der Waals surface area contributed by atoms with E-state index in [4.69, 9.17) is 4.74 Å². The number of rotatable bonds is 3. The van der Waals surface area contributed by atoms with Gasteiger partial charge in [0, 0.05) is 35.0 Å². The Morgan fingerprint density at radius 1 is 0.808 bits per heavy atom. The summed E-state index contributed by atoms with van der Waals surface area (Å²) >= 11 is 0. The van der Waals surface area contributed by atoms with Crippen LogP contribution in [0, 0.1) is 11.6 Å². The van der Waals surface area contributed by atoms with E-state index in [9.17, 15) is 8.78 Å². The molecule has 0 N–H and O–H groups in total. The van der Waals surface area contributed by atoms with E-state index >= 15 is 0 Å². The van der Waals surface area contributed by atoms with E-state index in [1.807, 2.05) is 24.3 Å². The van der Waals surface area contributed by atoms with E-state index in [2.05, 4.69) is 9.97 Å². The highest BCUT2D eigenvalue weighted by molar-refractivity contribution is 6.01. The molecule has 2 aromatic heterocycles. The summed E-state index contributed by atoms with van der Waals surface area (Å²) < 4.78 is 33.0. The number of para-hydroxylation sites is 1. The van der Waals surface area contributed by atoms with E-state index in [-0.39, 0.29) is 0 Å². The Morgan fingerprint density at radius 3 is 2.42 bits per heavy atom. The molecule has 26 heavy (non-hydrogen) atoms. The summed E-state index contributed by atoms with van der Waals surface area (Å²) in [5.41, 5.74) is 3.01. The zero-order valence-electron chi connectivity index (χ0n) is 13.9. The Balaban J connectivity index is 2.00. The SMILES string of the molecule is COc1ccccc1-c1nccc2c(-c3ccc(F)cc3F)ccnc12. The van der Waals surface area contributed by atoms with Crippen molar-refractivity contribution in [3.05, 3.63) is 78.6 Å². The number of hydrogen-bond donors (Lipinski definition) is 0. The fourth-order valence-electron chi connectivity index (χ4n) is 3.06. The largest absolute Gasteiger partial charge is 0.496 e. The van der Waals surface area contributed by atoms with Crippen LogP contribution < -0.4 is 4.74 Å². The lowest BCUT2D eigenvalue weighted by Crippen LogP contribution is -1.94. The van der Waals surface area contributed by atoms with Crippen LogP contribution in [-0.2, 0) is 0 Å². The smallest absolute Gasteiger partial charge is 0.133 e. The van der Waals surface area contributed by atoms with E-state index in [1.165, 1.54) is 12.1 Å². The summed E-state index contributed by atoms with van der Waals surface area (Å²) in [5.74, 6) is -0.554. The molecule has 0 fully saturated rings. The van der Waals surface area contributed by atoms with Gasteiger partial charge in [0.25, 0.3) is 0 Å². The number of nitrogens with zero attached hydrogens (tertiary/aromatic N) is 2. The molecule has 128 valence electrons. The monoisotopic (exact) mass is 348 g/mol. The maximum Gasteiger partial charge on any atom is 0.133 e. The van der Waals surface area contributed by atoms with E-state index in [1.54, 1.807) is 31.6 Å². The highest BCUT2D eigenvalue weighted by atomic mass is 19.1. The van der Waals surface area contributed by atoms with Crippen LogP contribution in [-0.4, -0.2) is 17.1 Å². The van der Waals surface area contributed by atoms with Crippen molar-refractivity contribution in [2.75, 3.05) is 7.11 Å². The third-order valence-electron chi connectivity index (χ3n) is 4.24. The summed E-state index contributed by atoms with van der Waals surface area (Å²) in [7, 11) is 1.59. The maximum atomic E-state index is 14.3. The first kappa shape index (κ1) is 16.1. The minimum Gasteiger partial charge on any atom is -0.496 e. The summed E-state index contributed by atoms with van der Waals surface area (Å²) in [6.45, 7) is 0. The Hall–Kier alpha value is -3.34. The summed E-state index contributed by atoms with van der Waals surface area (Å²) in [6.07, 6.45) is 3.25. The topological polar surface area (TPSA) is 35.0 Å². The molecule has 2 aromatic carbocycles. The molecular weight excluding hydrogens is 334 g/mol. The lowest BCUT2D eigenvalue weighted by molar-refractivity contribution is 0.416. The van der Waals surface area contributed by atoms with Crippen LogP contribution in [0.2, 0.25) is 0 Å². The van der Waals surface area contributed by atoms with Crippen molar-refractivity contribution in [3.8, 4) is 28.1 Å². The van der Waals surface area contributed by atoms with Gasteiger partial charge < -0.3 is 4.74 Å². The van der Waals surface area contributed by atoms with Crippen LogP contribution in [0.5, 0.6) is 5.75 Å². The second kappa shape index (κ2) is 6.52. The molecule has 0 unspecified atom stereocenters. The van der Waals surface area contributed by atoms with E-state index < -0.39 is 11.6 Å². The van der Waals surface area contributed by atoms with Crippen molar-refractivity contribution in [1.29, 1.82) is 0 Å². The molecule has 5 heteroatoms. The number of methoxy groups -OCH3 is 1. The molecular formula is C21H14F2N2O. The fraction of sp³-hybridized carbons (Fsp3) is 0.0476. The molecule has 2 heterocycles. The van der Waals surface area contributed by atoms with Gasteiger partial charge in [0.1, 0.15) is 23.1 Å². The van der Waals surface area contributed by atoms with Crippen LogP contribution in [0.15, 0.2) is 67.0 Å². The Labute approximate surface area is 148 Å². The van der Waals surface area contributed by atoms with E-state index in [0.717, 1.165) is 17.0 Å². The standard InChI is InChI=1S/C21H14F2N2O/c1-26-19-5-3-2-4-17(19)21-20-16(9-11-25-21)14(8-10-24-20)15-7-6-13(22)12-18(15)23/h2-12H,1H3. The second-order valence-corrected chi connectivity index (χ2v) is 5.74. The first-order chi connectivity index (χ1) is 12.7. The molecule has 0 radical (unpaired) electrons. The normalized spacial score (nSPS) is 10.9. The van der Waals surface area contributed by atoms with Crippen molar-refractivity contribution in [1.82, 2.24) is 9.97 Å². The average Bonchev–Trinajstić information content (AvgIpc) is 2.67. The van der Waals surface area contributed by atoms with Gasteiger partial charge in [0.15, 0.2) is 0 Å². The molecule has 3 nitrogen and oxygen atoms in total. The molecule has 0 aliphatic heterocycles. The predicted molar refractivity (Wildman–Crippen MR) is 96.9 cm³/mol. The molecule has 0 amide bonds. The highest BCUT2D eigenvalue weighted by Crippen LogP contribution is 2.36. The van der Waals surface area contributed by atoms with Gasteiger partial charge in [-0.1, -0.05) is 12.1 Å². The van der Waals surface area contributed by atoms with Crippen LogP contribution >= 0.6 is 0 Å². The molecule has 0 saturated carbocycles. The number of hydrogen-bond acceptors (Lipinski definition) is 3. The van der Waals surface area contributed by atoms with Gasteiger partial charge in [-0.05, 0) is 42.0 Å². The number of pyridine rings is 2. The van der Waals surface area contributed by atoms with Gasteiger partial charge in [-0.25, -0.2) is 8.78 Å². The van der Waals surface area contributed by atoms with Crippen molar-refractivity contribution < 1.29 is 13.5 Å². The zero-order valence-corrected chi connectivity index (χ0v) is 13.9. The maximum absolute atomic E-state index is 14.3. The van der Waals surface area contributed by atoms with Crippen LogP contribution in [0.25, 0.3) is 33.3 Å². The number of ether oxygens (including phenoxy) is 1. The van der Waals surface area contributed by atoms with Crippen molar-refractivity contribution in [2.24, 2.45) is 0 Å². The minimum atomic E-state index is -0.617. The van der Waals surface area contributed by atoms with Crippen LogP contribution in [0.1, 0.15) is 0 Å². The molecule has 0 saturated heterocycles. The zero-order chi connectivity index (χ0) is 18.1. The quantitative estimate of drug-likeness (QED) is 0.507. The van der Waals surface area contributed by atoms with Gasteiger partial charge in [0.05, 0.1) is 12.6 Å². The van der Waals surface area contributed by atoms with Crippen LogP contribution in [0.3, 0.4) is 0 Å².